The zero-order valence-corrected chi connectivity index (χ0v) is 9.58. The van der Waals surface area contributed by atoms with Crippen molar-refractivity contribution in [1.29, 1.82) is 0 Å². The van der Waals surface area contributed by atoms with Crippen LogP contribution >= 0.6 is 15.9 Å². The van der Waals surface area contributed by atoms with E-state index in [1.165, 1.54) is 6.33 Å². The van der Waals surface area contributed by atoms with Gasteiger partial charge in [-0.1, -0.05) is 0 Å². The number of hydrogen-bond donors (Lipinski definition) is 1. The molecule has 4 nitrogen and oxygen atoms in total. The molecule has 1 N–H and O–H groups in total. The summed E-state index contributed by atoms with van der Waals surface area (Å²) >= 11 is 3.19. The van der Waals surface area contributed by atoms with Crippen LogP contribution in [-0.2, 0) is 0 Å². The summed E-state index contributed by atoms with van der Waals surface area (Å²) in [7, 11) is 0. The van der Waals surface area contributed by atoms with Crippen LogP contribution in [0.5, 0.6) is 0 Å². The molecule has 0 aliphatic carbocycles. The SMILES string of the molecule is Cc1[nH]c(=O)c(Br)cc1-c1ccncn1. The first-order chi connectivity index (χ1) is 7.18. The van der Waals surface area contributed by atoms with Gasteiger partial charge in [0.15, 0.2) is 0 Å². The highest BCUT2D eigenvalue weighted by atomic mass is 79.9. The summed E-state index contributed by atoms with van der Waals surface area (Å²) in [6, 6.07) is 3.56. The fourth-order valence-corrected chi connectivity index (χ4v) is 1.64. The normalized spacial score (nSPS) is 10.3. The standard InChI is InChI=1S/C10H8BrN3O/c1-6-7(4-8(11)10(15)14-6)9-2-3-12-5-13-9/h2-5H,1H3,(H,14,15). The number of pyridine rings is 1. The zero-order chi connectivity index (χ0) is 10.8. The third-order valence-electron chi connectivity index (χ3n) is 2.05. The van der Waals surface area contributed by atoms with Gasteiger partial charge in [-0.25, -0.2) is 9.97 Å². The second kappa shape index (κ2) is 3.94. The maximum Gasteiger partial charge on any atom is 0.262 e. The molecular formula is C10H8BrN3O. The molecule has 0 unspecified atom stereocenters. The van der Waals surface area contributed by atoms with Crippen molar-refractivity contribution in [3.05, 3.63) is 45.2 Å². The number of aryl methyl sites for hydroxylation is 1. The first-order valence-corrected chi connectivity index (χ1v) is 5.13. The van der Waals surface area contributed by atoms with Gasteiger partial charge in [-0.2, -0.15) is 0 Å². The van der Waals surface area contributed by atoms with Crippen molar-refractivity contribution in [1.82, 2.24) is 15.0 Å². The van der Waals surface area contributed by atoms with Crippen LogP contribution in [-0.4, -0.2) is 15.0 Å². The van der Waals surface area contributed by atoms with E-state index < -0.39 is 0 Å². The molecule has 15 heavy (non-hydrogen) atoms. The zero-order valence-electron chi connectivity index (χ0n) is 7.99. The summed E-state index contributed by atoms with van der Waals surface area (Å²) in [6.45, 7) is 1.84. The van der Waals surface area contributed by atoms with E-state index in [1.807, 2.05) is 6.92 Å². The molecule has 2 heterocycles. The van der Waals surface area contributed by atoms with E-state index in [0.717, 1.165) is 17.0 Å². The third-order valence-corrected chi connectivity index (χ3v) is 2.64. The number of aromatic amines is 1. The Labute approximate surface area is 94.5 Å². The van der Waals surface area contributed by atoms with Crippen LogP contribution in [0.1, 0.15) is 5.69 Å². The van der Waals surface area contributed by atoms with E-state index in [9.17, 15) is 4.79 Å². The van der Waals surface area contributed by atoms with Crippen molar-refractivity contribution >= 4 is 15.9 Å². The maximum atomic E-state index is 11.3. The molecule has 0 aliphatic heterocycles. The molecule has 5 heteroatoms. The molecule has 0 aliphatic rings. The van der Waals surface area contributed by atoms with Crippen LogP contribution in [0.4, 0.5) is 0 Å². The number of nitrogens with zero attached hydrogens (tertiary/aromatic N) is 2. The van der Waals surface area contributed by atoms with Gasteiger partial charge in [-0.05, 0) is 35.0 Å². The molecule has 0 amide bonds. The lowest BCUT2D eigenvalue weighted by molar-refractivity contribution is 1.11. The molecule has 0 spiro atoms. The molecule has 0 saturated heterocycles. The Bertz CT molecular complexity index is 536. The van der Waals surface area contributed by atoms with Crippen LogP contribution in [0.15, 0.2) is 33.9 Å². The molecule has 2 aromatic heterocycles. The van der Waals surface area contributed by atoms with Crippen molar-refractivity contribution in [2.45, 2.75) is 6.92 Å². The maximum absolute atomic E-state index is 11.3. The van der Waals surface area contributed by atoms with Crippen LogP contribution < -0.4 is 5.56 Å². The third kappa shape index (κ3) is 1.97. The minimum atomic E-state index is -0.134. The number of aromatic nitrogens is 3. The lowest BCUT2D eigenvalue weighted by atomic mass is 10.1. The fourth-order valence-electron chi connectivity index (χ4n) is 1.31. The van der Waals surface area contributed by atoms with Crippen molar-refractivity contribution in [3.63, 3.8) is 0 Å². The van der Waals surface area contributed by atoms with E-state index >= 15 is 0 Å². The molecule has 0 saturated carbocycles. The van der Waals surface area contributed by atoms with E-state index in [0.29, 0.717) is 4.47 Å². The molecule has 0 bridgehead atoms. The predicted octanol–water partition coefficient (Wildman–Crippen LogP) is 1.90. The minimum absolute atomic E-state index is 0.134. The molecule has 76 valence electrons. The van der Waals surface area contributed by atoms with E-state index in [1.54, 1.807) is 18.3 Å². The Kier molecular flexibility index (Phi) is 2.64. The Morgan fingerprint density at radius 2 is 2.27 bits per heavy atom. The molecule has 2 aromatic rings. The summed E-state index contributed by atoms with van der Waals surface area (Å²) in [6.07, 6.45) is 3.15. The van der Waals surface area contributed by atoms with Gasteiger partial charge in [0.2, 0.25) is 0 Å². The highest BCUT2D eigenvalue weighted by molar-refractivity contribution is 9.10. The topological polar surface area (TPSA) is 58.6 Å². The van der Waals surface area contributed by atoms with Gasteiger partial charge in [0, 0.05) is 17.5 Å². The molecule has 0 fully saturated rings. The van der Waals surface area contributed by atoms with Gasteiger partial charge in [-0.3, -0.25) is 4.79 Å². The van der Waals surface area contributed by atoms with Crippen LogP contribution in [0, 0.1) is 6.92 Å². The van der Waals surface area contributed by atoms with Crippen molar-refractivity contribution in [2.75, 3.05) is 0 Å². The quantitative estimate of drug-likeness (QED) is 0.857. The van der Waals surface area contributed by atoms with Gasteiger partial charge in [0.25, 0.3) is 5.56 Å². The summed E-state index contributed by atoms with van der Waals surface area (Å²) in [4.78, 5) is 22.0. The van der Waals surface area contributed by atoms with E-state index in [2.05, 4.69) is 30.9 Å². The molecular weight excluding hydrogens is 258 g/mol. The first kappa shape index (κ1) is 10.0. The summed E-state index contributed by atoms with van der Waals surface area (Å²) in [5.74, 6) is 0. The van der Waals surface area contributed by atoms with Gasteiger partial charge in [-0.15, -0.1) is 0 Å². The summed E-state index contributed by atoms with van der Waals surface area (Å²) in [5.41, 5.74) is 2.34. The monoisotopic (exact) mass is 265 g/mol. The highest BCUT2D eigenvalue weighted by Gasteiger charge is 2.06. The lowest BCUT2D eigenvalue weighted by Gasteiger charge is -2.04. The minimum Gasteiger partial charge on any atom is -0.325 e. The van der Waals surface area contributed by atoms with Crippen molar-refractivity contribution in [2.24, 2.45) is 0 Å². The van der Waals surface area contributed by atoms with Crippen molar-refractivity contribution < 1.29 is 0 Å². The predicted molar refractivity (Wildman–Crippen MR) is 60.5 cm³/mol. The Morgan fingerprint density at radius 1 is 1.47 bits per heavy atom. The average molecular weight is 266 g/mol. The number of hydrogen-bond acceptors (Lipinski definition) is 3. The Hall–Kier alpha value is -1.49. The Morgan fingerprint density at radius 3 is 2.93 bits per heavy atom. The van der Waals surface area contributed by atoms with E-state index in [4.69, 9.17) is 0 Å². The van der Waals surface area contributed by atoms with E-state index in [-0.39, 0.29) is 5.56 Å². The lowest BCUT2D eigenvalue weighted by Crippen LogP contribution is -2.09. The van der Waals surface area contributed by atoms with Crippen LogP contribution in [0.2, 0.25) is 0 Å². The van der Waals surface area contributed by atoms with Crippen LogP contribution in [0.25, 0.3) is 11.3 Å². The first-order valence-electron chi connectivity index (χ1n) is 4.34. The second-order valence-electron chi connectivity index (χ2n) is 3.08. The number of H-pyrrole nitrogens is 1. The summed E-state index contributed by atoms with van der Waals surface area (Å²) in [5, 5.41) is 0. The second-order valence-corrected chi connectivity index (χ2v) is 3.93. The molecule has 2 rings (SSSR count). The number of rotatable bonds is 1. The molecule has 0 aromatic carbocycles. The molecule has 0 radical (unpaired) electrons. The fraction of sp³-hybridized carbons (Fsp3) is 0.100. The Balaban J connectivity index is 2.64. The number of nitrogens with one attached hydrogen (secondary N) is 1. The van der Waals surface area contributed by atoms with Gasteiger partial charge >= 0.3 is 0 Å². The molecule has 0 atom stereocenters. The van der Waals surface area contributed by atoms with Gasteiger partial charge in [0.1, 0.15) is 6.33 Å². The largest absolute Gasteiger partial charge is 0.325 e. The average Bonchev–Trinajstić information content (AvgIpc) is 2.25. The summed E-state index contributed by atoms with van der Waals surface area (Å²) < 4.78 is 0.502. The highest BCUT2D eigenvalue weighted by Crippen LogP contribution is 2.20. The van der Waals surface area contributed by atoms with Crippen LogP contribution in [0.3, 0.4) is 0 Å². The van der Waals surface area contributed by atoms with Gasteiger partial charge in [0.05, 0.1) is 10.2 Å². The van der Waals surface area contributed by atoms with Crippen molar-refractivity contribution in [3.8, 4) is 11.3 Å². The van der Waals surface area contributed by atoms with Gasteiger partial charge < -0.3 is 4.98 Å². The smallest absolute Gasteiger partial charge is 0.262 e. The number of halogens is 1.